The predicted molar refractivity (Wildman–Crippen MR) is 27.6 cm³/mol. The third-order valence-corrected chi connectivity index (χ3v) is 0.322. The summed E-state index contributed by atoms with van der Waals surface area (Å²) in [5.74, 6) is -1.99. The fraction of sp³-hybridized carbons (Fsp3) is 0.200. The smallest absolute Gasteiger partial charge is 0.304 e. The summed E-state index contributed by atoms with van der Waals surface area (Å²) in [6.45, 7) is 4.28. The first-order valence-electron chi connectivity index (χ1n) is 1.94. The second-order valence-electron chi connectivity index (χ2n) is 0.799. The summed E-state index contributed by atoms with van der Waals surface area (Å²) >= 11 is 0. The largest absolute Gasteiger partial charge is 1.00 e. The standard InChI is InChI=1S/C3H2F4.C2H4.6FH/c4-1-2(5)3(6)7;1-2;;;;;;/h1H2;1-2H2;6*1H/p-6. The van der Waals surface area contributed by atoms with E-state index >= 15 is 0 Å². The fourth-order valence-corrected chi connectivity index (χ4v) is 0.0505. The maximum atomic E-state index is 11.0. The highest BCUT2D eigenvalue weighted by Gasteiger charge is 2.00. The Hall–Kier alpha value is -1.22. The second-order valence-corrected chi connectivity index (χ2v) is 0.799. The van der Waals surface area contributed by atoms with Crippen molar-refractivity contribution in [1.29, 1.82) is 0 Å². The summed E-state index contributed by atoms with van der Waals surface area (Å²) in [6, 6.07) is 0. The molecule has 0 atom stereocenters. The van der Waals surface area contributed by atoms with Crippen LogP contribution >= 0.6 is 0 Å². The summed E-state index contributed by atoms with van der Waals surface area (Å²) in [7, 11) is 0. The van der Waals surface area contributed by atoms with E-state index in [1.165, 1.54) is 0 Å². The van der Waals surface area contributed by atoms with Gasteiger partial charge in [0.15, 0.2) is 5.83 Å². The zero-order valence-corrected chi connectivity index (χ0v) is 6.90. The van der Waals surface area contributed by atoms with E-state index in [0.717, 1.165) is 0 Å². The van der Waals surface area contributed by atoms with E-state index in [-0.39, 0.29) is 28.2 Å². The molecule has 0 saturated carbocycles. The monoisotopic (exact) mass is 256 g/mol. The van der Waals surface area contributed by atoms with Gasteiger partial charge in [-0.05, 0) is 0 Å². The SMILES string of the molecule is C=C.FCC(F)=C(F)F.[F-].[F-].[F-].[F-].[F-].[F-]. The van der Waals surface area contributed by atoms with Gasteiger partial charge in [0.05, 0.1) is 0 Å². The van der Waals surface area contributed by atoms with E-state index in [0.29, 0.717) is 0 Å². The molecule has 0 heterocycles. The maximum absolute atomic E-state index is 11.0. The van der Waals surface area contributed by atoms with E-state index in [2.05, 4.69) is 13.2 Å². The van der Waals surface area contributed by atoms with Crippen molar-refractivity contribution >= 4 is 0 Å². The molecule has 102 valence electrons. The molecule has 0 nitrogen and oxygen atoms in total. The number of allylic oxidation sites excluding steroid dienone is 1. The number of hydrogen-bond donors (Lipinski definition) is 0. The van der Waals surface area contributed by atoms with Crippen LogP contribution in [0.5, 0.6) is 0 Å². The molecule has 0 spiro atoms. The van der Waals surface area contributed by atoms with Gasteiger partial charge in [-0.2, -0.15) is 8.78 Å². The van der Waals surface area contributed by atoms with Crippen LogP contribution in [-0.4, -0.2) is 6.67 Å². The Bertz CT molecular complexity index is 98.0. The lowest BCUT2D eigenvalue weighted by molar-refractivity contribution is -0.00100. The molecule has 0 bridgehead atoms. The molecule has 0 aliphatic rings. The van der Waals surface area contributed by atoms with Crippen molar-refractivity contribution < 1.29 is 45.8 Å². The zero-order chi connectivity index (χ0) is 7.86. The molecule has 0 aromatic carbocycles. The van der Waals surface area contributed by atoms with Crippen LogP contribution in [0.3, 0.4) is 0 Å². The summed E-state index contributed by atoms with van der Waals surface area (Å²) in [4.78, 5) is 0. The topological polar surface area (TPSA) is 0 Å². The van der Waals surface area contributed by atoms with Gasteiger partial charge in [0.25, 0.3) is 0 Å². The van der Waals surface area contributed by atoms with E-state index in [9.17, 15) is 17.6 Å². The molecule has 0 fully saturated rings. The number of halogens is 10. The second kappa shape index (κ2) is 53.1. The van der Waals surface area contributed by atoms with Crippen LogP contribution in [0.2, 0.25) is 0 Å². The molecule has 0 radical (unpaired) electrons. The summed E-state index contributed by atoms with van der Waals surface area (Å²) in [5, 5.41) is 0. The molecule has 10 heteroatoms. The minimum absolute atomic E-state index is 0. The Morgan fingerprint density at radius 2 is 0.933 bits per heavy atom. The third-order valence-electron chi connectivity index (χ3n) is 0.322. The van der Waals surface area contributed by atoms with E-state index < -0.39 is 18.6 Å². The third kappa shape index (κ3) is 65.0. The molecule has 0 aliphatic heterocycles. The van der Waals surface area contributed by atoms with Crippen molar-refractivity contribution in [2.75, 3.05) is 6.67 Å². The van der Waals surface area contributed by atoms with Gasteiger partial charge < -0.3 is 28.2 Å². The molecule has 0 aromatic rings. The Balaban J connectivity index is -0.00000000965. The van der Waals surface area contributed by atoms with Gasteiger partial charge in [-0.1, -0.05) is 0 Å². The van der Waals surface area contributed by atoms with Crippen molar-refractivity contribution in [3.63, 3.8) is 0 Å². The molecular formula is C5H6F10-6. The number of alkyl halides is 1. The first kappa shape index (κ1) is 67.4. The van der Waals surface area contributed by atoms with E-state index in [1.807, 2.05) is 0 Å². The first-order chi connectivity index (χ1) is 4.18. The normalized spacial score (nSPS) is 4.27. The Morgan fingerprint density at radius 3 is 0.933 bits per heavy atom. The minimum Gasteiger partial charge on any atom is -1.00 e. The van der Waals surface area contributed by atoms with Crippen LogP contribution in [0.1, 0.15) is 0 Å². The van der Waals surface area contributed by atoms with Crippen LogP contribution in [0.15, 0.2) is 25.1 Å². The van der Waals surface area contributed by atoms with Gasteiger partial charge in [0, 0.05) is 0 Å². The molecule has 0 saturated heterocycles. The molecule has 15 heavy (non-hydrogen) atoms. The summed E-state index contributed by atoms with van der Waals surface area (Å²) in [6.07, 6.45) is -2.58. The Kier molecular flexibility index (Phi) is 238. The van der Waals surface area contributed by atoms with Crippen LogP contribution in [0, 0.1) is 0 Å². The highest BCUT2D eigenvalue weighted by Crippen LogP contribution is 2.07. The van der Waals surface area contributed by atoms with Crippen LogP contribution in [0.4, 0.5) is 17.6 Å². The van der Waals surface area contributed by atoms with E-state index in [1.54, 1.807) is 0 Å². The average Bonchev–Trinajstić information content (AvgIpc) is 1.91. The van der Waals surface area contributed by atoms with Gasteiger partial charge in [0.2, 0.25) is 0 Å². The van der Waals surface area contributed by atoms with Crippen LogP contribution in [0.25, 0.3) is 0 Å². The van der Waals surface area contributed by atoms with Crippen molar-refractivity contribution in [2.45, 2.75) is 0 Å². The van der Waals surface area contributed by atoms with Crippen molar-refractivity contribution in [3.8, 4) is 0 Å². The highest BCUT2D eigenvalue weighted by atomic mass is 19.3. The lowest BCUT2D eigenvalue weighted by Gasteiger charge is -1.79. The molecular weight excluding hydrogens is 250 g/mol. The molecule has 0 N–H and O–H groups in total. The predicted octanol–water partition coefficient (Wildman–Crippen LogP) is -15.1. The van der Waals surface area contributed by atoms with Crippen LogP contribution in [-0.2, 0) is 0 Å². The van der Waals surface area contributed by atoms with Gasteiger partial charge in [-0.25, -0.2) is 8.78 Å². The molecule has 0 unspecified atom stereocenters. The van der Waals surface area contributed by atoms with Crippen molar-refractivity contribution in [2.24, 2.45) is 0 Å². The lowest BCUT2D eigenvalue weighted by Crippen LogP contribution is -3.00. The summed E-state index contributed by atoms with van der Waals surface area (Å²) in [5.41, 5.74) is 0. The summed E-state index contributed by atoms with van der Waals surface area (Å²) < 4.78 is 43.1. The minimum atomic E-state index is -2.58. The fourth-order valence-electron chi connectivity index (χ4n) is 0.0505. The van der Waals surface area contributed by atoms with Gasteiger partial charge in [-0.15, -0.1) is 13.2 Å². The number of hydrogen-bond acceptors (Lipinski definition) is 0. The average molecular weight is 256 g/mol. The zero-order valence-electron chi connectivity index (χ0n) is 6.90. The molecule has 0 rings (SSSR count). The van der Waals surface area contributed by atoms with Crippen molar-refractivity contribution in [1.82, 2.24) is 0 Å². The van der Waals surface area contributed by atoms with Gasteiger partial charge in [-0.3, -0.25) is 0 Å². The first-order valence-corrected chi connectivity index (χ1v) is 1.94. The quantitative estimate of drug-likeness (QED) is 0.323. The molecule has 0 amide bonds. The highest BCUT2D eigenvalue weighted by molar-refractivity contribution is 4.90. The molecule has 0 aromatic heterocycles. The lowest BCUT2D eigenvalue weighted by atomic mass is 10.6. The van der Waals surface area contributed by atoms with Crippen molar-refractivity contribution in [3.05, 3.63) is 25.1 Å². The Labute approximate surface area is 78.9 Å². The molecule has 0 aliphatic carbocycles. The number of rotatable bonds is 1. The van der Waals surface area contributed by atoms with E-state index in [4.69, 9.17) is 0 Å². The van der Waals surface area contributed by atoms with Crippen LogP contribution < -0.4 is 28.2 Å². The Morgan fingerprint density at radius 1 is 0.733 bits per heavy atom. The maximum Gasteiger partial charge on any atom is 0.304 e. The van der Waals surface area contributed by atoms with Gasteiger partial charge >= 0.3 is 6.08 Å². The van der Waals surface area contributed by atoms with Gasteiger partial charge in [0.1, 0.15) is 6.67 Å².